The van der Waals surface area contributed by atoms with E-state index in [0.717, 1.165) is 11.7 Å². The number of amides is 1. The zero-order chi connectivity index (χ0) is 20.1. The fourth-order valence-corrected chi connectivity index (χ4v) is 5.72. The van der Waals surface area contributed by atoms with Gasteiger partial charge in [-0.1, -0.05) is 17.7 Å². The second-order valence-corrected chi connectivity index (χ2v) is 9.25. The average Bonchev–Trinajstić information content (AvgIpc) is 3.25. The summed E-state index contributed by atoms with van der Waals surface area (Å²) in [5.41, 5.74) is 1.85. The summed E-state index contributed by atoms with van der Waals surface area (Å²) >= 11 is 7.17. The number of carbonyl (C=O) groups is 1. The summed E-state index contributed by atoms with van der Waals surface area (Å²) in [7, 11) is -2.06. The molecule has 0 aliphatic carbocycles. The van der Waals surface area contributed by atoms with E-state index >= 15 is 0 Å². The number of sulfonamides is 1. The molecule has 28 heavy (non-hydrogen) atoms. The molecule has 3 aromatic rings. The van der Waals surface area contributed by atoms with Crippen LogP contribution < -0.4 is 0 Å². The smallest absolute Gasteiger partial charge is 0.258 e. The van der Waals surface area contributed by atoms with Crippen molar-refractivity contribution in [1.29, 1.82) is 0 Å². The molecule has 9 nitrogen and oxygen atoms in total. The van der Waals surface area contributed by atoms with E-state index in [2.05, 4.69) is 13.8 Å². The third kappa shape index (κ3) is 3.08. The van der Waals surface area contributed by atoms with E-state index in [0.29, 0.717) is 22.3 Å². The first-order valence-corrected chi connectivity index (χ1v) is 11.1. The standard InChI is InChI=1S/C16H17ClN6O3S2/c1-10-13(15(17)21(2)18-10)16(24)22-6-8-23(9-7-22)28(25,26)12-5-3-4-11-14(12)20-27-19-11/h3-5H,6-9H2,1-2H3. The second-order valence-electron chi connectivity index (χ2n) is 6.46. The molecule has 1 aromatic carbocycles. The third-order valence-electron chi connectivity index (χ3n) is 4.76. The Bertz CT molecular complexity index is 1160. The Morgan fingerprint density at radius 2 is 1.89 bits per heavy atom. The van der Waals surface area contributed by atoms with Gasteiger partial charge in [-0.3, -0.25) is 9.48 Å². The normalized spacial score (nSPS) is 16.0. The molecule has 0 atom stereocenters. The van der Waals surface area contributed by atoms with Crippen LogP contribution in [-0.2, 0) is 17.1 Å². The quantitative estimate of drug-likeness (QED) is 0.612. The zero-order valence-corrected chi connectivity index (χ0v) is 17.6. The number of aryl methyl sites for hydroxylation is 2. The Balaban J connectivity index is 1.54. The van der Waals surface area contributed by atoms with Crippen LogP contribution in [-0.4, -0.2) is 68.2 Å². The molecule has 0 saturated carbocycles. The Morgan fingerprint density at radius 3 is 2.54 bits per heavy atom. The second kappa shape index (κ2) is 7.07. The van der Waals surface area contributed by atoms with Gasteiger partial charge < -0.3 is 4.90 Å². The third-order valence-corrected chi connectivity index (χ3v) is 7.67. The van der Waals surface area contributed by atoms with Crippen molar-refractivity contribution in [1.82, 2.24) is 27.7 Å². The van der Waals surface area contributed by atoms with Gasteiger partial charge in [0.15, 0.2) is 0 Å². The minimum atomic E-state index is -3.73. The Kier molecular flexibility index (Phi) is 4.86. The molecule has 4 rings (SSSR count). The van der Waals surface area contributed by atoms with Crippen LogP contribution in [0.5, 0.6) is 0 Å². The number of hydrogen-bond acceptors (Lipinski definition) is 7. The van der Waals surface area contributed by atoms with Gasteiger partial charge in [0, 0.05) is 33.2 Å². The van der Waals surface area contributed by atoms with Gasteiger partial charge in [-0.05, 0) is 19.1 Å². The van der Waals surface area contributed by atoms with Crippen molar-refractivity contribution in [3.8, 4) is 0 Å². The van der Waals surface area contributed by atoms with Crippen molar-refractivity contribution in [3.63, 3.8) is 0 Å². The average molecular weight is 441 g/mol. The molecule has 12 heteroatoms. The number of carbonyl (C=O) groups excluding carboxylic acids is 1. The van der Waals surface area contributed by atoms with Crippen LogP contribution in [0.4, 0.5) is 0 Å². The number of aromatic nitrogens is 4. The van der Waals surface area contributed by atoms with Crippen molar-refractivity contribution < 1.29 is 13.2 Å². The lowest BCUT2D eigenvalue weighted by Gasteiger charge is -2.34. The molecule has 2 aromatic heterocycles. The van der Waals surface area contributed by atoms with E-state index in [4.69, 9.17) is 11.6 Å². The molecule has 1 fully saturated rings. The SMILES string of the molecule is Cc1nn(C)c(Cl)c1C(=O)N1CCN(S(=O)(=O)c2cccc3nsnc23)CC1. The van der Waals surface area contributed by atoms with Crippen molar-refractivity contribution in [2.75, 3.05) is 26.2 Å². The molecule has 0 bridgehead atoms. The summed E-state index contributed by atoms with van der Waals surface area (Å²) in [6, 6.07) is 4.92. The van der Waals surface area contributed by atoms with Gasteiger partial charge in [-0.2, -0.15) is 18.2 Å². The summed E-state index contributed by atoms with van der Waals surface area (Å²) in [4.78, 5) is 14.6. The minimum Gasteiger partial charge on any atom is -0.336 e. The van der Waals surface area contributed by atoms with Crippen molar-refractivity contribution in [2.45, 2.75) is 11.8 Å². The van der Waals surface area contributed by atoms with Crippen LogP contribution in [0, 0.1) is 6.92 Å². The molecule has 148 valence electrons. The molecule has 3 heterocycles. The maximum Gasteiger partial charge on any atom is 0.258 e. The molecule has 1 aliphatic rings. The van der Waals surface area contributed by atoms with Gasteiger partial charge >= 0.3 is 0 Å². The minimum absolute atomic E-state index is 0.143. The molecule has 1 aliphatic heterocycles. The number of rotatable bonds is 3. The lowest BCUT2D eigenvalue weighted by molar-refractivity contribution is 0.0697. The summed E-state index contributed by atoms with van der Waals surface area (Å²) in [5, 5.41) is 4.44. The van der Waals surface area contributed by atoms with Crippen LogP contribution in [0.25, 0.3) is 11.0 Å². The predicted molar refractivity (Wildman–Crippen MR) is 105 cm³/mol. The number of hydrogen-bond donors (Lipinski definition) is 0. The maximum atomic E-state index is 13.1. The van der Waals surface area contributed by atoms with E-state index in [1.54, 1.807) is 31.0 Å². The van der Waals surface area contributed by atoms with Crippen LogP contribution in [0.1, 0.15) is 16.1 Å². The monoisotopic (exact) mass is 440 g/mol. The molecule has 1 amide bonds. The van der Waals surface area contributed by atoms with Crippen molar-refractivity contribution in [3.05, 3.63) is 34.6 Å². The van der Waals surface area contributed by atoms with Gasteiger partial charge in [-0.25, -0.2) is 8.42 Å². The molecule has 0 unspecified atom stereocenters. The number of nitrogens with zero attached hydrogens (tertiary/aromatic N) is 6. The summed E-state index contributed by atoms with van der Waals surface area (Å²) in [6.45, 7) is 2.66. The van der Waals surface area contributed by atoms with E-state index in [9.17, 15) is 13.2 Å². The Hall–Kier alpha value is -2.08. The van der Waals surface area contributed by atoms with Gasteiger partial charge in [0.25, 0.3) is 5.91 Å². The van der Waals surface area contributed by atoms with Crippen LogP contribution in [0.3, 0.4) is 0 Å². The van der Waals surface area contributed by atoms with E-state index < -0.39 is 10.0 Å². The lowest BCUT2D eigenvalue weighted by Crippen LogP contribution is -2.50. The van der Waals surface area contributed by atoms with E-state index in [1.807, 2.05) is 0 Å². The van der Waals surface area contributed by atoms with Crippen LogP contribution >= 0.6 is 23.3 Å². The highest BCUT2D eigenvalue weighted by Crippen LogP contribution is 2.26. The fourth-order valence-electron chi connectivity index (χ4n) is 3.29. The fraction of sp³-hybridized carbons (Fsp3) is 0.375. The van der Waals surface area contributed by atoms with Crippen LogP contribution in [0.15, 0.2) is 23.1 Å². The summed E-state index contributed by atoms with van der Waals surface area (Å²) < 4.78 is 37.2. The largest absolute Gasteiger partial charge is 0.336 e. The molecule has 0 N–H and O–H groups in total. The highest BCUT2D eigenvalue weighted by molar-refractivity contribution is 7.89. The summed E-state index contributed by atoms with van der Waals surface area (Å²) in [5.74, 6) is -0.238. The first-order chi connectivity index (χ1) is 13.3. The van der Waals surface area contributed by atoms with Gasteiger partial charge in [0.2, 0.25) is 10.0 Å². The van der Waals surface area contributed by atoms with E-state index in [1.165, 1.54) is 15.1 Å². The maximum absolute atomic E-state index is 13.1. The van der Waals surface area contributed by atoms with Crippen molar-refractivity contribution >= 4 is 50.3 Å². The molecule has 0 radical (unpaired) electrons. The predicted octanol–water partition coefficient (Wildman–Crippen LogP) is 1.53. The van der Waals surface area contributed by atoms with Gasteiger partial charge in [0.1, 0.15) is 21.1 Å². The molecule has 1 saturated heterocycles. The highest BCUT2D eigenvalue weighted by Gasteiger charge is 2.33. The van der Waals surface area contributed by atoms with Crippen molar-refractivity contribution in [2.24, 2.45) is 7.05 Å². The zero-order valence-electron chi connectivity index (χ0n) is 15.2. The molecule has 0 spiro atoms. The Morgan fingerprint density at radius 1 is 1.18 bits per heavy atom. The van der Waals surface area contributed by atoms with E-state index in [-0.39, 0.29) is 42.1 Å². The van der Waals surface area contributed by atoms with Crippen LogP contribution in [0.2, 0.25) is 5.15 Å². The number of fused-ring (bicyclic) bond motifs is 1. The molecular weight excluding hydrogens is 424 g/mol. The first kappa shape index (κ1) is 19.2. The van der Waals surface area contributed by atoms with Gasteiger partial charge in [-0.15, -0.1) is 0 Å². The summed E-state index contributed by atoms with van der Waals surface area (Å²) in [6.07, 6.45) is 0. The number of benzene rings is 1. The van der Waals surface area contributed by atoms with Gasteiger partial charge in [0.05, 0.1) is 23.0 Å². The first-order valence-electron chi connectivity index (χ1n) is 8.50. The topological polar surface area (TPSA) is 101 Å². The number of piperazine rings is 1. The number of halogens is 1. The highest BCUT2D eigenvalue weighted by atomic mass is 35.5. The Labute approximate surface area is 170 Å². The lowest BCUT2D eigenvalue weighted by atomic mass is 10.2. The molecular formula is C16H17ClN6O3S2.